The summed E-state index contributed by atoms with van der Waals surface area (Å²) < 4.78 is 43.1. The SMILES string of the molecule is O=C(Nc1cnn(Cc2cccc3ccccc23)c1)c1cccc(COCC(F)(F)F)c1. The Morgan fingerprint density at radius 3 is 2.66 bits per heavy atom. The molecule has 0 fully saturated rings. The van der Waals surface area contributed by atoms with E-state index in [0.29, 0.717) is 23.4 Å². The molecule has 5 nitrogen and oxygen atoms in total. The van der Waals surface area contributed by atoms with Gasteiger partial charge in [-0.25, -0.2) is 0 Å². The van der Waals surface area contributed by atoms with Gasteiger partial charge in [0.25, 0.3) is 5.91 Å². The van der Waals surface area contributed by atoms with Gasteiger partial charge in [0, 0.05) is 11.8 Å². The van der Waals surface area contributed by atoms with Gasteiger partial charge >= 0.3 is 6.18 Å². The molecule has 0 saturated carbocycles. The van der Waals surface area contributed by atoms with Crippen LogP contribution in [0.15, 0.2) is 79.1 Å². The fourth-order valence-electron chi connectivity index (χ4n) is 3.41. The number of halogens is 3. The highest BCUT2D eigenvalue weighted by Crippen LogP contribution is 2.20. The van der Waals surface area contributed by atoms with Crippen LogP contribution in [0, 0.1) is 0 Å². The lowest BCUT2D eigenvalue weighted by Gasteiger charge is -2.09. The number of fused-ring (bicyclic) bond motifs is 1. The number of hydrogen-bond acceptors (Lipinski definition) is 3. The summed E-state index contributed by atoms with van der Waals surface area (Å²) in [5.41, 5.74) is 2.43. The van der Waals surface area contributed by atoms with Crippen molar-refractivity contribution in [1.29, 1.82) is 0 Å². The number of carbonyl (C=O) groups is 1. The maximum absolute atomic E-state index is 12.6. The third-order valence-corrected chi connectivity index (χ3v) is 4.83. The van der Waals surface area contributed by atoms with Gasteiger partial charge in [0.2, 0.25) is 0 Å². The van der Waals surface area contributed by atoms with E-state index in [4.69, 9.17) is 0 Å². The Bertz CT molecular complexity index is 1230. The molecule has 1 amide bonds. The second-order valence-corrected chi connectivity index (χ2v) is 7.33. The molecule has 0 atom stereocenters. The number of rotatable bonds is 7. The number of aromatic nitrogens is 2. The summed E-state index contributed by atoms with van der Waals surface area (Å²) in [5.74, 6) is -0.382. The largest absolute Gasteiger partial charge is 0.411 e. The summed E-state index contributed by atoms with van der Waals surface area (Å²) in [7, 11) is 0. The summed E-state index contributed by atoms with van der Waals surface area (Å²) in [4.78, 5) is 12.6. The normalized spacial score (nSPS) is 11.6. The van der Waals surface area contributed by atoms with Crippen molar-refractivity contribution in [3.05, 3.63) is 95.8 Å². The molecule has 0 aliphatic heterocycles. The minimum absolute atomic E-state index is 0.233. The molecule has 1 heterocycles. The quantitative estimate of drug-likeness (QED) is 0.419. The van der Waals surface area contributed by atoms with Gasteiger partial charge in [-0.15, -0.1) is 0 Å². The Labute approximate surface area is 182 Å². The van der Waals surface area contributed by atoms with Crippen LogP contribution in [-0.2, 0) is 17.9 Å². The number of alkyl halides is 3. The van der Waals surface area contributed by atoms with Crippen molar-refractivity contribution in [2.24, 2.45) is 0 Å². The molecule has 4 rings (SSSR count). The van der Waals surface area contributed by atoms with Crippen LogP contribution in [0.1, 0.15) is 21.5 Å². The molecule has 0 spiro atoms. The lowest BCUT2D eigenvalue weighted by Crippen LogP contribution is -2.17. The average Bonchev–Trinajstić information content (AvgIpc) is 3.20. The molecule has 0 bridgehead atoms. The second kappa shape index (κ2) is 9.23. The van der Waals surface area contributed by atoms with Gasteiger partial charge in [-0.2, -0.15) is 18.3 Å². The van der Waals surface area contributed by atoms with E-state index < -0.39 is 12.8 Å². The first kappa shape index (κ1) is 21.6. The zero-order chi connectivity index (χ0) is 22.6. The van der Waals surface area contributed by atoms with Crippen molar-refractivity contribution in [2.75, 3.05) is 11.9 Å². The van der Waals surface area contributed by atoms with Gasteiger partial charge in [0.05, 0.1) is 25.0 Å². The summed E-state index contributed by atoms with van der Waals surface area (Å²) >= 11 is 0. The molecule has 0 aliphatic rings. The van der Waals surface area contributed by atoms with Crippen LogP contribution in [0.5, 0.6) is 0 Å². The maximum Gasteiger partial charge on any atom is 0.411 e. The number of nitrogens with zero attached hydrogens (tertiary/aromatic N) is 2. The van der Waals surface area contributed by atoms with Crippen LogP contribution in [0.3, 0.4) is 0 Å². The smallest absolute Gasteiger partial charge is 0.367 e. The van der Waals surface area contributed by atoms with E-state index in [2.05, 4.69) is 33.4 Å². The molecule has 0 saturated heterocycles. The van der Waals surface area contributed by atoms with E-state index in [-0.39, 0.29) is 12.5 Å². The number of hydrogen-bond donors (Lipinski definition) is 1. The molecule has 1 aromatic heterocycles. The summed E-state index contributed by atoms with van der Waals surface area (Å²) in [6.07, 6.45) is -1.10. The number of carbonyl (C=O) groups excluding carboxylic acids is 1. The van der Waals surface area contributed by atoms with Crippen LogP contribution in [0.2, 0.25) is 0 Å². The lowest BCUT2D eigenvalue weighted by atomic mass is 10.0. The topological polar surface area (TPSA) is 56.2 Å². The predicted molar refractivity (Wildman–Crippen MR) is 115 cm³/mol. The fourth-order valence-corrected chi connectivity index (χ4v) is 3.41. The van der Waals surface area contributed by atoms with Crippen LogP contribution >= 0.6 is 0 Å². The minimum Gasteiger partial charge on any atom is -0.367 e. The van der Waals surface area contributed by atoms with Gasteiger partial charge in [0.1, 0.15) is 6.61 Å². The molecule has 164 valence electrons. The summed E-state index contributed by atoms with van der Waals surface area (Å²) in [5, 5.41) is 9.37. The van der Waals surface area contributed by atoms with Crippen LogP contribution in [-0.4, -0.2) is 28.5 Å². The second-order valence-electron chi connectivity index (χ2n) is 7.33. The van der Waals surface area contributed by atoms with Crippen molar-refractivity contribution in [2.45, 2.75) is 19.3 Å². The molecular formula is C24H20F3N3O2. The standard InChI is InChI=1S/C24H20F3N3O2/c25-24(26,27)16-32-15-17-5-3-8-19(11-17)23(31)29-21-12-28-30(14-21)13-20-9-4-7-18-6-1-2-10-22(18)20/h1-12,14H,13,15-16H2,(H,29,31). The molecule has 32 heavy (non-hydrogen) atoms. The van der Waals surface area contributed by atoms with E-state index >= 15 is 0 Å². The maximum atomic E-state index is 12.6. The molecule has 4 aromatic rings. The molecule has 0 radical (unpaired) electrons. The third-order valence-electron chi connectivity index (χ3n) is 4.83. The van der Waals surface area contributed by atoms with Crippen molar-refractivity contribution >= 4 is 22.4 Å². The van der Waals surface area contributed by atoms with Gasteiger partial charge in [-0.1, -0.05) is 54.6 Å². The Balaban J connectivity index is 1.40. The predicted octanol–water partition coefficient (Wildman–Crippen LogP) is 5.42. The van der Waals surface area contributed by atoms with E-state index in [1.807, 2.05) is 24.3 Å². The zero-order valence-electron chi connectivity index (χ0n) is 17.0. The Kier molecular flexibility index (Phi) is 6.23. The van der Waals surface area contributed by atoms with E-state index in [1.165, 1.54) is 6.07 Å². The van der Waals surface area contributed by atoms with Gasteiger partial charge in [0.15, 0.2) is 0 Å². The van der Waals surface area contributed by atoms with Crippen LogP contribution in [0.25, 0.3) is 10.8 Å². The first-order chi connectivity index (χ1) is 15.4. The van der Waals surface area contributed by atoms with Crippen LogP contribution < -0.4 is 5.32 Å². The number of nitrogens with one attached hydrogen (secondary N) is 1. The summed E-state index contributed by atoms with van der Waals surface area (Å²) in [6, 6.07) is 20.5. The third kappa shape index (κ3) is 5.53. The van der Waals surface area contributed by atoms with Crippen molar-refractivity contribution in [3.8, 4) is 0 Å². The highest BCUT2D eigenvalue weighted by molar-refractivity contribution is 6.04. The number of anilines is 1. The lowest BCUT2D eigenvalue weighted by molar-refractivity contribution is -0.176. The highest BCUT2D eigenvalue weighted by atomic mass is 19.4. The van der Waals surface area contributed by atoms with E-state index in [1.54, 1.807) is 35.3 Å². The van der Waals surface area contributed by atoms with Crippen molar-refractivity contribution < 1.29 is 22.7 Å². The van der Waals surface area contributed by atoms with E-state index in [9.17, 15) is 18.0 Å². The Hall–Kier alpha value is -3.65. The van der Waals surface area contributed by atoms with Gasteiger partial charge in [-0.3, -0.25) is 9.48 Å². The zero-order valence-corrected chi connectivity index (χ0v) is 17.0. The number of amides is 1. The number of ether oxygens (including phenoxy) is 1. The molecular weight excluding hydrogens is 419 g/mol. The minimum atomic E-state index is -4.39. The number of benzene rings is 3. The van der Waals surface area contributed by atoms with Crippen molar-refractivity contribution in [1.82, 2.24) is 9.78 Å². The monoisotopic (exact) mass is 439 g/mol. The molecule has 8 heteroatoms. The molecule has 0 aliphatic carbocycles. The molecule has 0 unspecified atom stereocenters. The Morgan fingerprint density at radius 2 is 1.81 bits per heavy atom. The molecule has 3 aromatic carbocycles. The van der Waals surface area contributed by atoms with Crippen LogP contribution in [0.4, 0.5) is 18.9 Å². The highest BCUT2D eigenvalue weighted by Gasteiger charge is 2.27. The fraction of sp³-hybridized carbons (Fsp3) is 0.167. The van der Waals surface area contributed by atoms with Crippen molar-refractivity contribution in [3.63, 3.8) is 0 Å². The Morgan fingerprint density at radius 1 is 1.03 bits per heavy atom. The molecule has 1 N–H and O–H groups in total. The van der Waals surface area contributed by atoms with E-state index in [0.717, 1.165) is 16.3 Å². The first-order valence-electron chi connectivity index (χ1n) is 9.91. The van der Waals surface area contributed by atoms with Gasteiger partial charge < -0.3 is 10.1 Å². The van der Waals surface area contributed by atoms with Gasteiger partial charge in [-0.05, 0) is 34.0 Å². The average molecular weight is 439 g/mol. The summed E-state index contributed by atoms with van der Waals surface area (Å²) in [6.45, 7) is -1.02. The first-order valence-corrected chi connectivity index (χ1v) is 9.91.